The van der Waals surface area contributed by atoms with Gasteiger partial charge >= 0.3 is 0 Å². The largest absolute Gasteiger partial charge is 0.377 e. The average molecular weight is 208 g/mol. The Balaban J connectivity index is 2.88. The van der Waals surface area contributed by atoms with Crippen LogP contribution in [-0.2, 0) is 0 Å². The molecule has 15 heavy (non-hydrogen) atoms. The molecule has 0 aliphatic heterocycles. The maximum atomic E-state index is 10.7. The fraction of sp³-hybridized carbons (Fsp3) is 0.455. The van der Waals surface area contributed by atoms with Gasteiger partial charge in [-0.05, 0) is 18.9 Å². The molecule has 1 aromatic carbocycles. The van der Waals surface area contributed by atoms with E-state index in [2.05, 4.69) is 19.2 Å². The van der Waals surface area contributed by atoms with E-state index in [1.54, 1.807) is 18.2 Å². The van der Waals surface area contributed by atoms with Crippen molar-refractivity contribution in [3.8, 4) is 0 Å². The maximum Gasteiger partial charge on any atom is 0.292 e. The number of para-hydroxylation sites is 2. The van der Waals surface area contributed by atoms with Crippen LogP contribution in [0.2, 0.25) is 0 Å². The van der Waals surface area contributed by atoms with E-state index in [-0.39, 0.29) is 10.6 Å². The zero-order chi connectivity index (χ0) is 11.3. The van der Waals surface area contributed by atoms with Gasteiger partial charge in [-0.25, -0.2) is 0 Å². The lowest BCUT2D eigenvalue weighted by Gasteiger charge is -2.15. The predicted octanol–water partition coefficient (Wildman–Crippen LogP) is 3.20. The van der Waals surface area contributed by atoms with Crippen LogP contribution in [0.5, 0.6) is 0 Å². The second-order valence-corrected chi connectivity index (χ2v) is 3.43. The molecule has 0 amide bonds. The molecule has 0 atom stereocenters. The van der Waals surface area contributed by atoms with E-state index in [0.29, 0.717) is 11.7 Å². The van der Waals surface area contributed by atoms with Gasteiger partial charge in [-0.15, -0.1) is 0 Å². The van der Waals surface area contributed by atoms with Crippen molar-refractivity contribution in [2.24, 2.45) is 0 Å². The van der Waals surface area contributed by atoms with Crippen molar-refractivity contribution in [2.45, 2.75) is 32.7 Å². The third-order valence-electron chi connectivity index (χ3n) is 2.45. The van der Waals surface area contributed by atoms with Gasteiger partial charge in [0.15, 0.2) is 0 Å². The lowest BCUT2D eigenvalue weighted by atomic mass is 10.1. The Kier molecular flexibility index (Phi) is 4.09. The molecular formula is C11H16N2O2. The summed E-state index contributed by atoms with van der Waals surface area (Å²) in [6.07, 6.45) is 1.92. The van der Waals surface area contributed by atoms with E-state index in [9.17, 15) is 10.1 Å². The van der Waals surface area contributed by atoms with Crippen LogP contribution < -0.4 is 5.32 Å². The van der Waals surface area contributed by atoms with E-state index in [0.717, 1.165) is 12.8 Å². The molecule has 1 N–H and O–H groups in total. The molecule has 0 heterocycles. The summed E-state index contributed by atoms with van der Waals surface area (Å²) < 4.78 is 0. The molecule has 0 aliphatic carbocycles. The van der Waals surface area contributed by atoms with Gasteiger partial charge in [0.2, 0.25) is 0 Å². The molecule has 0 aromatic heterocycles. The molecule has 4 nitrogen and oxygen atoms in total. The highest BCUT2D eigenvalue weighted by Gasteiger charge is 2.14. The first-order valence-electron chi connectivity index (χ1n) is 5.19. The van der Waals surface area contributed by atoms with Crippen LogP contribution >= 0.6 is 0 Å². The van der Waals surface area contributed by atoms with Gasteiger partial charge in [0.05, 0.1) is 4.92 Å². The normalized spacial score (nSPS) is 10.3. The van der Waals surface area contributed by atoms with Gasteiger partial charge in [0.1, 0.15) is 5.69 Å². The second-order valence-electron chi connectivity index (χ2n) is 3.43. The Morgan fingerprint density at radius 2 is 1.93 bits per heavy atom. The molecule has 0 fully saturated rings. The Morgan fingerprint density at radius 1 is 1.33 bits per heavy atom. The predicted molar refractivity (Wildman–Crippen MR) is 61.1 cm³/mol. The van der Waals surface area contributed by atoms with E-state index in [1.807, 2.05) is 0 Å². The number of nitrogens with zero attached hydrogens (tertiary/aromatic N) is 1. The number of hydrogen-bond donors (Lipinski definition) is 1. The highest BCUT2D eigenvalue weighted by Crippen LogP contribution is 2.24. The summed E-state index contributed by atoms with van der Waals surface area (Å²) in [6.45, 7) is 4.13. The van der Waals surface area contributed by atoms with Gasteiger partial charge in [-0.2, -0.15) is 0 Å². The van der Waals surface area contributed by atoms with Crippen molar-refractivity contribution in [1.29, 1.82) is 0 Å². The van der Waals surface area contributed by atoms with Gasteiger partial charge < -0.3 is 5.32 Å². The standard InChI is InChI=1S/C11H16N2O2/c1-3-9(4-2)12-10-7-5-6-8-11(10)13(14)15/h5-9,12H,3-4H2,1-2H3. The molecule has 82 valence electrons. The molecule has 4 heteroatoms. The van der Waals surface area contributed by atoms with Gasteiger partial charge in [-0.3, -0.25) is 10.1 Å². The first-order chi connectivity index (χ1) is 7.19. The lowest BCUT2D eigenvalue weighted by Crippen LogP contribution is -2.17. The summed E-state index contributed by atoms with van der Waals surface area (Å²) in [4.78, 5) is 10.4. The van der Waals surface area contributed by atoms with Crippen molar-refractivity contribution in [3.63, 3.8) is 0 Å². The summed E-state index contributed by atoms with van der Waals surface area (Å²) in [7, 11) is 0. The summed E-state index contributed by atoms with van der Waals surface area (Å²) in [5, 5.41) is 13.9. The zero-order valence-electron chi connectivity index (χ0n) is 9.06. The highest BCUT2D eigenvalue weighted by molar-refractivity contribution is 5.61. The number of nitro groups is 1. The van der Waals surface area contributed by atoms with Crippen molar-refractivity contribution in [2.75, 3.05) is 5.32 Å². The first kappa shape index (κ1) is 11.5. The van der Waals surface area contributed by atoms with Gasteiger partial charge in [-0.1, -0.05) is 26.0 Å². The monoisotopic (exact) mass is 208 g/mol. The van der Waals surface area contributed by atoms with Crippen LogP contribution in [0.25, 0.3) is 0 Å². The number of anilines is 1. The third kappa shape index (κ3) is 2.94. The average Bonchev–Trinajstić information content (AvgIpc) is 2.26. The molecule has 0 saturated heterocycles. The van der Waals surface area contributed by atoms with Crippen molar-refractivity contribution >= 4 is 11.4 Å². The SMILES string of the molecule is CCC(CC)Nc1ccccc1[N+](=O)[O-]. The lowest BCUT2D eigenvalue weighted by molar-refractivity contribution is -0.384. The topological polar surface area (TPSA) is 55.2 Å². The minimum absolute atomic E-state index is 0.143. The van der Waals surface area contributed by atoms with Crippen LogP contribution in [0, 0.1) is 10.1 Å². The van der Waals surface area contributed by atoms with Crippen LogP contribution in [0.15, 0.2) is 24.3 Å². The minimum atomic E-state index is -0.356. The van der Waals surface area contributed by atoms with Crippen molar-refractivity contribution < 1.29 is 4.92 Å². The fourth-order valence-electron chi connectivity index (χ4n) is 1.47. The highest BCUT2D eigenvalue weighted by atomic mass is 16.6. The van der Waals surface area contributed by atoms with Crippen LogP contribution in [0.4, 0.5) is 11.4 Å². The Morgan fingerprint density at radius 3 is 2.47 bits per heavy atom. The number of hydrogen-bond acceptors (Lipinski definition) is 3. The molecule has 0 bridgehead atoms. The fourth-order valence-corrected chi connectivity index (χ4v) is 1.47. The molecule has 0 unspecified atom stereocenters. The van der Waals surface area contributed by atoms with E-state index < -0.39 is 0 Å². The van der Waals surface area contributed by atoms with Crippen LogP contribution in [-0.4, -0.2) is 11.0 Å². The molecule has 0 radical (unpaired) electrons. The second kappa shape index (κ2) is 5.34. The summed E-state index contributed by atoms with van der Waals surface area (Å²) in [5.41, 5.74) is 0.751. The van der Waals surface area contributed by atoms with Crippen LogP contribution in [0.1, 0.15) is 26.7 Å². The van der Waals surface area contributed by atoms with E-state index in [1.165, 1.54) is 6.07 Å². The summed E-state index contributed by atoms with van der Waals surface area (Å²) >= 11 is 0. The molecule has 1 aromatic rings. The number of nitro benzene ring substituents is 1. The smallest absolute Gasteiger partial charge is 0.292 e. The quantitative estimate of drug-likeness (QED) is 0.597. The van der Waals surface area contributed by atoms with E-state index >= 15 is 0 Å². The molecule has 0 saturated carbocycles. The maximum absolute atomic E-state index is 10.7. The first-order valence-corrected chi connectivity index (χ1v) is 5.19. The number of benzene rings is 1. The van der Waals surface area contributed by atoms with Crippen molar-refractivity contribution in [1.82, 2.24) is 0 Å². The Bertz CT molecular complexity index is 335. The zero-order valence-corrected chi connectivity index (χ0v) is 9.06. The Hall–Kier alpha value is -1.58. The number of rotatable bonds is 5. The molecule has 0 aliphatic rings. The molecular weight excluding hydrogens is 192 g/mol. The third-order valence-corrected chi connectivity index (χ3v) is 2.45. The van der Waals surface area contributed by atoms with Crippen molar-refractivity contribution in [3.05, 3.63) is 34.4 Å². The number of nitrogens with one attached hydrogen (secondary N) is 1. The van der Waals surface area contributed by atoms with Gasteiger partial charge in [0.25, 0.3) is 5.69 Å². The van der Waals surface area contributed by atoms with Crippen LogP contribution in [0.3, 0.4) is 0 Å². The molecule has 1 rings (SSSR count). The summed E-state index contributed by atoms with van der Waals surface area (Å²) in [6, 6.07) is 7.04. The van der Waals surface area contributed by atoms with E-state index in [4.69, 9.17) is 0 Å². The summed E-state index contributed by atoms with van der Waals surface area (Å²) in [5.74, 6) is 0. The minimum Gasteiger partial charge on any atom is -0.377 e. The molecule has 0 spiro atoms. The Labute approximate surface area is 89.5 Å². The van der Waals surface area contributed by atoms with Gasteiger partial charge in [0, 0.05) is 12.1 Å².